The maximum Gasteiger partial charge on any atom is 0.182 e. The first-order valence-electron chi connectivity index (χ1n) is 5.42. The van der Waals surface area contributed by atoms with Crippen LogP contribution in [0, 0.1) is 25.2 Å². The third-order valence-corrected chi connectivity index (χ3v) is 4.97. The van der Waals surface area contributed by atoms with E-state index in [9.17, 15) is 8.42 Å². The second kappa shape index (κ2) is 4.04. The second-order valence-electron chi connectivity index (χ2n) is 4.39. The van der Waals surface area contributed by atoms with Crippen molar-refractivity contribution in [1.29, 1.82) is 5.26 Å². The van der Waals surface area contributed by atoms with E-state index in [1.807, 2.05) is 25.1 Å². The van der Waals surface area contributed by atoms with Crippen LogP contribution in [0.3, 0.4) is 0 Å². The van der Waals surface area contributed by atoms with Gasteiger partial charge in [-0.2, -0.15) is 5.26 Å². The fraction of sp³-hybridized carbons (Fsp3) is 0.417. The van der Waals surface area contributed by atoms with E-state index in [1.54, 1.807) is 6.92 Å². The number of hydrogen-bond donors (Lipinski definition) is 1. The number of hydrogen-bond acceptors (Lipinski definition) is 4. The fourth-order valence-electron chi connectivity index (χ4n) is 2.18. The van der Waals surface area contributed by atoms with E-state index in [0.717, 1.165) is 11.1 Å². The molecule has 17 heavy (non-hydrogen) atoms. The highest BCUT2D eigenvalue weighted by Crippen LogP contribution is 2.34. The zero-order valence-electron chi connectivity index (χ0n) is 9.82. The molecule has 0 amide bonds. The predicted molar refractivity (Wildman–Crippen MR) is 65.6 cm³/mol. The fourth-order valence-corrected chi connectivity index (χ4v) is 4.17. The highest BCUT2D eigenvalue weighted by Gasteiger charge is 2.32. The van der Waals surface area contributed by atoms with Gasteiger partial charge in [0.15, 0.2) is 9.84 Å². The van der Waals surface area contributed by atoms with Crippen molar-refractivity contribution in [1.82, 2.24) is 0 Å². The van der Waals surface area contributed by atoms with Gasteiger partial charge in [-0.25, -0.2) is 8.42 Å². The van der Waals surface area contributed by atoms with Crippen molar-refractivity contribution >= 4 is 15.5 Å². The predicted octanol–water partition coefficient (Wildman–Crippen LogP) is 1.78. The Hall–Kier alpha value is -1.54. The number of nitrogens with zero attached hydrogens (tertiary/aromatic N) is 1. The molecule has 1 atom stereocenters. The van der Waals surface area contributed by atoms with Crippen LogP contribution in [0.5, 0.6) is 0 Å². The Labute approximate surface area is 101 Å². The second-order valence-corrected chi connectivity index (χ2v) is 6.36. The van der Waals surface area contributed by atoms with Crippen molar-refractivity contribution < 1.29 is 8.42 Å². The third kappa shape index (κ3) is 2.01. The first kappa shape index (κ1) is 11.9. The van der Waals surface area contributed by atoms with E-state index in [2.05, 4.69) is 5.32 Å². The van der Waals surface area contributed by atoms with Crippen LogP contribution in [-0.4, -0.2) is 20.2 Å². The van der Waals surface area contributed by atoms with Crippen LogP contribution in [0.15, 0.2) is 17.0 Å². The van der Waals surface area contributed by atoms with E-state index >= 15 is 0 Å². The number of aryl methyl sites for hydroxylation is 2. The molecule has 0 saturated carbocycles. The molecule has 5 heteroatoms. The summed E-state index contributed by atoms with van der Waals surface area (Å²) < 4.78 is 24.4. The van der Waals surface area contributed by atoms with Crippen LogP contribution < -0.4 is 5.32 Å². The largest absolute Gasteiger partial charge is 0.379 e. The van der Waals surface area contributed by atoms with Gasteiger partial charge in [0.25, 0.3) is 0 Å². The normalized spacial score (nSPS) is 21.1. The number of rotatable bonds is 1. The summed E-state index contributed by atoms with van der Waals surface area (Å²) in [5.41, 5.74) is 2.32. The molecule has 1 aromatic carbocycles. The van der Waals surface area contributed by atoms with Crippen molar-refractivity contribution in [2.24, 2.45) is 0 Å². The number of fused-ring (bicyclic) bond motifs is 1. The maximum atomic E-state index is 12.2. The summed E-state index contributed by atoms with van der Waals surface area (Å²) >= 11 is 0. The van der Waals surface area contributed by atoms with E-state index in [-0.39, 0.29) is 18.2 Å². The van der Waals surface area contributed by atoms with E-state index in [1.165, 1.54) is 0 Å². The van der Waals surface area contributed by atoms with Crippen molar-refractivity contribution in [2.45, 2.75) is 31.2 Å². The SMILES string of the molecule is Cc1ccc(C)c2c1NC(CC#N)CS2(=O)=O. The van der Waals surface area contributed by atoms with Gasteiger partial charge < -0.3 is 5.32 Å². The molecule has 1 heterocycles. The molecule has 0 spiro atoms. The molecular weight excluding hydrogens is 236 g/mol. The third-order valence-electron chi connectivity index (χ3n) is 2.98. The van der Waals surface area contributed by atoms with Gasteiger partial charge >= 0.3 is 0 Å². The van der Waals surface area contributed by atoms with Gasteiger partial charge in [-0.1, -0.05) is 12.1 Å². The number of nitrogens with one attached hydrogen (secondary N) is 1. The van der Waals surface area contributed by atoms with Crippen molar-refractivity contribution in [2.75, 3.05) is 11.1 Å². The van der Waals surface area contributed by atoms with E-state index < -0.39 is 9.84 Å². The molecule has 0 fully saturated rings. The molecule has 0 aliphatic carbocycles. The lowest BCUT2D eigenvalue weighted by Gasteiger charge is -2.28. The summed E-state index contributed by atoms with van der Waals surface area (Å²) in [5, 5.41) is 11.8. The number of benzene rings is 1. The average Bonchev–Trinajstić information content (AvgIpc) is 2.22. The Morgan fingerprint density at radius 2 is 2.06 bits per heavy atom. The Bertz CT molecular complexity index is 600. The summed E-state index contributed by atoms with van der Waals surface area (Å²) in [6.45, 7) is 3.66. The summed E-state index contributed by atoms with van der Waals surface area (Å²) in [7, 11) is -3.28. The summed E-state index contributed by atoms with van der Waals surface area (Å²) in [6.07, 6.45) is 0.200. The molecule has 0 aromatic heterocycles. The van der Waals surface area contributed by atoms with Gasteiger partial charge in [-0.15, -0.1) is 0 Å². The summed E-state index contributed by atoms with van der Waals surface area (Å²) in [5.74, 6) is -0.00213. The highest BCUT2D eigenvalue weighted by molar-refractivity contribution is 7.91. The zero-order chi connectivity index (χ0) is 12.6. The van der Waals surface area contributed by atoms with Gasteiger partial charge in [-0.3, -0.25) is 0 Å². The molecule has 0 saturated heterocycles. The van der Waals surface area contributed by atoms with Crippen LogP contribution in [-0.2, 0) is 9.84 Å². The smallest absolute Gasteiger partial charge is 0.182 e. The minimum absolute atomic E-state index is 0.00213. The minimum Gasteiger partial charge on any atom is -0.379 e. The quantitative estimate of drug-likeness (QED) is 0.825. The van der Waals surface area contributed by atoms with Gasteiger partial charge in [-0.05, 0) is 25.0 Å². The van der Waals surface area contributed by atoms with E-state index in [0.29, 0.717) is 10.6 Å². The van der Waals surface area contributed by atoms with Crippen LogP contribution in [0.2, 0.25) is 0 Å². The van der Waals surface area contributed by atoms with E-state index in [4.69, 9.17) is 5.26 Å². The van der Waals surface area contributed by atoms with Gasteiger partial charge in [0, 0.05) is 0 Å². The van der Waals surface area contributed by atoms with Gasteiger partial charge in [0.05, 0.1) is 34.9 Å². The maximum absolute atomic E-state index is 12.2. The zero-order valence-corrected chi connectivity index (χ0v) is 10.6. The lowest BCUT2D eigenvalue weighted by atomic mass is 10.1. The molecule has 1 unspecified atom stereocenters. The lowest BCUT2D eigenvalue weighted by molar-refractivity contribution is 0.585. The van der Waals surface area contributed by atoms with Crippen molar-refractivity contribution in [3.05, 3.63) is 23.3 Å². The average molecular weight is 250 g/mol. The Balaban J connectivity index is 2.61. The van der Waals surface area contributed by atoms with Crippen molar-refractivity contribution in [3.63, 3.8) is 0 Å². The molecule has 4 nitrogen and oxygen atoms in total. The summed E-state index contributed by atoms with van der Waals surface area (Å²) in [4.78, 5) is 0.395. The van der Waals surface area contributed by atoms with Crippen LogP contribution in [0.4, 0.5) is 5.69 Å². The first-order valence-corrected chi connectivity index (χ1v) is 7.07. The Morgan fingerprint density at radius 1 is 1.41 bits per heavy atom. The molecule has 0 bridgehead atoms. The van der Waals surface area contributed by atoms with Gasteiger partial charge in [0.1, 0.15) is 0 Å². The highest BCUT2D eigenvalue weighted by atomic mass is 32.2. The molecule has 1 N–H and O–H groups in total. The number of nitriles is 1. The molecule has 1 aliphatic heterocycles. The molecule has 90 valence electrons. The Morgan fingerprint density at radius 3 is 2.71 bits per heavy atom. The molecule has 1 aromatic rings. The lowest BCUT2D eigenvalue weighted by Crippen LogP contribution is -2.34. The molecular formula is C12H14N2O2S. The number of sulfone groups is 1. The first-order chi connectivity index (χ1) is 7.95. The summed E-state index contributed by atoms with van der Waals surface area (Å²) in [6, 6.07) is 5.42. The minimum atomic E-state index is -3.28. The van der Waals surface area contributed by atoms with Crippen LogP contribution in [0.1, 0.15) is 17.5 Å². The number of anilines is 1. The van der Waals surface area contributed by atoms with Crippen molar-refractivity contribution in [3.8, 4) is 6.07 Å². The molecule has 0 radical (unpaired) electrons. The van der Waals surface area contributed by atoms with Crippen LogP contribution >= 0.6 is 0 Å². The molecule has 1 aliphatic rings. The monoisotopic (exact) mass is 250 g/mol. The standard InChI is InChI=1S/C12H14N2O2S/c1-8-3-4-9(2)12-11(8)14-10(5-6-13)7-17(12,15)16/h3-4,10,14H,5,7H2,1-2H3. The Kier molecular flexibility index (Phi) is 2.84. The topological polar surface area (TPSA) is 70.0 Å². The van der Waals surface area contributed by atoms with Crippen LogP contribution in [0.25, 0.3) is 0 Å². The van der Waals surface area contributed by atoms with Gasteiger partial charge in [0.2, 0.25) is 0 Å². The molecule has 2 rings (SSSR count).